The molecule has 2 aromatic rings. The zero-order valence-corrected chi connectivity index (χ0v) is 14.9. The molecule has 4 nitrogen and oxygen atoms in total. The van der Waals surface area contributed by atoms with Crippen molar-refractivity contribution in [3.05, 3.63) is 77.2 Å². The molecule has 0 aromatic heterocycles. The van der Waals surface area contributed by atoms with E-state index < -0.39 is 0 Å². The number of halogens is 1. The average molecular weight is 352 g/mol. The van der Waals surface area contributed by atoms with Crippen molar-refractivity contribution in [3.63, 3.8) is 0 Å². The summed E-state index contributed by atoms with van der Waals surface area (Å²) >= 11 is 0. The summed E-state index contributed by atoms with van der Waals surface area (Å²) in [6.45, 7) is 1.89. The standard InChI is InChI=1S/C21H21FN2O2/c1-15(25)24-12-11-17-5-3-4-6-19(17)20(24)13-21(26)23(2)14-16-7-9-18(22)10-8-16/h3-12,20H,13-14H2,1-2H3. The molecule has 2 amide bonds. The van der Waals surface area contributed by atoms with Crippen LogP contribution in [-0.2, 0) is 16.1 Å². The van der Waals surface area contributed by atoms with Crippen molar-refractivity contribution in [2.75, 3.05) is 7.05 Å². The average Bonchev–Trinajstić information content (AvgIpc) is 2.63. The van der Waals surface area contributed by atoms with Crippen LogP contribution in [0.4, 0.5) is 4.39 Å². The number of hydrogen-bond donors (Lipinski definition) is 0. The summed E-state index contributed by atoms with van der Waals surface area (Å²) in [5.74, 6) is -0.476. The van der Waals surface area contributed by atoms with E-state index in [1.165, 1.54) is 19.1 Å². The topological polar surface area (TPSA) is 40.6 Å². The summed E-state index contributed by atoms with van der Waals surface area (Å²) in [6, 6.07) is 13.6. The van der Waals surface area contributed by atoms with E-state index in [-0.39, 0.29) is 30.1 Å². The number of rotatable bonds is 4. The second kappa shape index (κ2) is 7.52. The highest BCUT2D eigenvalue weighted by Crippen LogP contribution is 2.33. The second-order valence-electron chi connectivity index (χ2n) is 6.47. The van der Waals surface area contributed by atoms with Crippen LogP contribution in [-0.4, -0.2) is 28.7 Å². The van der Waals surface area contributed by atoms with Crippen LogP contribution in [0.1, 0.15) is 36.1 Å². The molecule has 0 fully saturated rings. The van der Waals surface area contributed by atoms with E-state index >= 15 is 0 Å². The monoisotopic (exact) mass is 352 g/mol. The maximum Gasteiger partial charge on any atom is 0.225 e. The van der Waals surface area contributed by atoms with Gasteiger partial charge in [0.15, 0.2) is 0 Å². The molecule has 0 saturated heterocycles. The quantitative estimate of drug-likeness (QED) is 0.841. The van der Waals surface area contributed by atoms with Crippen molar-refractivity contribution < 1.29 is 14.0 Å². The summed E-state index contributed by atoms with van der Waals surface area (Å²) in [6.07, 6.45) is 3.82. The summed E-state index contributed by atoms with van der Waals surface area (Å²) in [5.41, 5.74) is 2.84. The van der Waals surface area contributed by atoms with Crippen LogP contribution in [0.3, 0.4) is 0 Å². The third-order valence-electron chi connectivity index (χ3n) is 4.60. The lowest BCUT2D eigenvalue weighted by molar-refractivity contribution is -0.134. The van der Waals surface area contributed by atoms with Crippen LogP contribution in [0.5, 0.6) is 0 Å². The predicted molar refractivity (Wildman–Crippen MR) is 98.2 cm³/mol. The lowest BCUT2D eigenvalue weighted by atomic mass is 9.93. The number of carbonyl (C=O) groups is 2. The number of fused-ring (bicyclic) bond motifs is 1. The maximum atomic E-state index is 13.0. The van der Waals surface area contributed by atoms with Gasteiger partial charge in [-0.2, -0.15) is 0 Å². The van der Waals surface area contributed by atoms with Gasteiger partial charge in [-0.05, 0) is 34.9 Å². The fourth-order valence-electron chi connectivity index (χ4n) is 3.19. The van der Waals surface area contributed by atoms with E-state index in [9.17, 15) is 14.0 Å². The lowest BCUT2D eigenvalue weighted by Gasteiger charge is -2.33. The van der Waals surface area contributed by atoms with Gasteiger partial charge in [0.05, 0.1) is 12.5 Å². The zero-order valence-electron chi connectivity index (χ0n) is 14.9. The number of benzene rings is 2. The number of carbonyl (C=O) groups excluding carboxylic acids is 2. The van der Waals surface area contributed by atoms with Crippen molar-refractivity contribution in [2.45, 2.75) is 25.9 Å². The van der Waals surface area contributed by atoms with Gasteiger partial charge in [-0.1, -0.05) is 36.4 Å². The summed E-state index contributed by atoms with van der Waals surface area (Å²) < 4.78 is 13.0. The first-order chi connectivity index (χ1) is 12.5. The molecule has 0 N–H and O–H groups in total. The molecule has 3 rings (SSSR count). The van der Waals surface area contributed by atoms with Gasteiger partial charge in [0, 0.05) is 26.7 Å². The van der Waals surface area contributed by atoms with Gasteiger partial charge in [0.25, 0.3) is 0 Å². The van der Waals surface area contributed by atoms with Crippen molar-refractivity contribution in [2.24, 2.45) is 0 Å². The Balaban J connectivity index is 1.76. The summed E-state index contributed by atoms with van der Waals surface area (Å²) in [7, 11) is 1.72. The van der Waals surface area contributed by atoms with Crippen molar-refractivity contribution in [3.8, 4) is 0 Å². The largest absolute Gasteiger partial charge is 0.341 e. The molecule has 26 heavy (non-hydrogen) atoms. The lowest BCUT2D eigenvalue weighted by Crippen LogP contribution is -2.35. The first-order valence-corrected chi connectivity index (χ1v) is 8.50. The smallest absolute Gasteiger partial charge is 0.225 e. The number of amides is 2. The number of nitrogens with zero attached hydrogens (tertiary/aromatic N) is 2. The molecule has 0 aliphatic carbocycles. The molecule has 2 aromatic carbocycles. The van der Waals surface area contributed by atoms with E-state index in [4.69, 9.17) is 0 Å². The Morgan fingerprint density at radius 2 is 1.81 bits per heavy atom. The Bertz CT molecular complexity index is 845. The third-order valence-corrected chi connectivity index (χ3v) is 4.60. The molecule has 0 radical (unpaired) electrons. The first-order valence-electron chi connectivity index (χ1n) is 8.50. The van der Waals surface area contributed by atoms with Gasteiger partial charge < -0.3 is 9.80 Å². The first kappa shape index (κ1) is 17.9. The molecule has 0 spiro atoms. The molecule has 1 atom stereocenters. The Kier molecular flexibility index (Phi) is 5.16. The molecule has 5 heteroatoms. The minimum absolute atomic E-state index is 0.0734. The van der Waals surface area contributed by atoms with Gasteiger partial charge in [-0.3, -0.25) is 9.59 Å². The van der Waals surface area contributed by atoms with Gasteiger partial charge >= 0.3 is 0 Å². The molecule has 0 saturated carbocycles. The molecule has 134 valence electrons. The number of hydrogen-bond acceptors (Lipinski definition) is 2. The Labute approximate surface area is 152 Å². The van der Waals surface area contributed by atoms with Crippen molar-refractivity contribution in [1.29, 1.82) is 0 Å². The van der Waals surface area contributed by atoms with Gasteiger partial charge in [0.1, 0.15) is 5.82 Å². The van der Waals surface area contributed by atoms with Crippen LogP contribution in [0.25, 0.3) is 6.08 Å². The molecule has 0 bridgehead atoms. The highest BCUT2D eigenvalue weighted by molar-refractivity contribution is 5.81. The van der Waals surface area contributed by atoms with Crippen molar-refractivity contribution >= 4 is 17.9 Å². The normalized spacial score (nSPS) is 15.5. The van der Waals surface area contributed by atoms with E-state index in [0.717, 1.165) is 16.7 Å². The van der Waals surface area contributed by atoms with Gasteiger partial charge in [-0.25, -0.2) is 4.39 Å². The van der Waals surface area contributed by atoms with E-state index in [2.05, 4.69) is 0 Å². The van der Waals surface area contributed by atoms with Crippen molar-refractivity contribution in [1.82, 2.24) is 9.80 Å². The van der Waals surface area contributed by atoms with Gasteiger partial charge in [-0.15, -0.1) is 0 Å². The third kappa shape index (κ3) is 3.82. The second-order valence-corrected chi connectivity index (χ2v) is 6.47. The molecular formula is C21H21FN2O2. The minimum Gasteiger partial charge on any atom is -0.341 e. The molecule has 1 unspecified atom stereocenters. The fourth-order valence-corrected chi connectivity index (χ4v) is 3.19. The van der Waals surface area contributed by atoms with E-state index in [0.29, 0.717) is 6.54 Å². The minimum atomic E-state index is -0.322. The molecule has 1 aliphatic rings. The Hall–Kier alpha value is -2.95. The summed E-state index contributed by atoms with van der Waals surface area (Å²) in [4.78, 5) is 28.0. The zero-order chi connectivity index (χ0) is 18.7. The van der Waals surface area contributed by atoms with Crippen LogP contribution in [0.15, 0.2) is 54.7 Å². The van der Waals surface area contributed by atoms with Crippen LogP contribution < -0.4 is 0 Å². The highest BCUT2D eigenvalue weighted by Gasteiger charge is 2.29. The molecular weight excluding hydrogens is 331 g/mol. The maximum absolute atomic E-state index is 13.0. The van der Waals surface area contributed by atoms with E-state index in [1.54, 1.807) is 35.2 Å². The van der Waals surface area contributed by atoms with Crippen LogP contribution in [0.2, 0.25) is 0 Å². The SMILES string of the molecule is CC(=O)N1C=Cc2ccccc2C1CC(=O)N(C)Cc1ccc(F)cc1. The van der Waals surface area contributed by atoms with Gasteiger partial charge in [0.2, 0.25) is 11.8 Å². The van der Waals surface area contributed by atoms with Crippen LogP contribution >= 0.6 is 0 Å². The fraction of sp³-hybridized carbons (Fsp3) is 0.238. The predicted octanol–water partition coefficient (Wildman–Crippen LogP) is 3.75. The summed E-state index contributed by atoms with van der Waals surface area (Å²) in [5, 5.41) is 0. The molecule has 1 heterocycles. The van der Waals surface area contributed by atoms with Crippen LogP contribution in [0, 0.1) is 5.82 Å². The highest BCUT2D eigenvalue weighted by atomic mass is 19.1. The Morgan fingerprint density at radius 1 is 1.12 bits per heavy atom. The Morgan fingerprint density at radius 3 is 2.50 bits per heavy atom. The van der Waals surface area contributed by atoms with E-state index in [1.807, 2.05) is 30.3 Å². The molecule has 1 aliphatic heterocycles.